The van der Waals surface area contributed by atoms with E-state index >= 15 is 0 Å². The van der Waals surface area contributed by atoms with E-state index < -0.39 is 0 Å². The maximum Gasteiger partial charge on any atom is 0.241 e. The molecule has 1 unspecified atom stereocenters. The van der Waals surface area contributed by atoms with E-state index in [-0.39, 0.29) is 11.9 Å². The average Bonchev–Trinajstić information content (AvgIpc) is 3.27. The minimum atomic E-state index is -0.132. The number of benzene rings is 1. The summed E-state index contributed by atoms with van der Waals surface area (Å²) in [5, 5.41) is 8.53. The number of methoxy groups -OCH3 is 1. The van der Waals surface area contributed by atoms with Crippen LogP contribution in [0.3, 0.4) is 0 Å². The highest BCUT2D eigenvalue weighted by molar-refractivity contribution is 5.95. The van der Waals surface area contributed by atoms with Crippen molar-refractivity contribution in [2.24, 2.45) is 7.05 Å². The van der Waals surface area contributed by atoms with Crippen LogP contribution in [0.2, 0.25) is 0 Å². The average molecular weight is 379 g/mol. The van der Waals surface area contributed by atoms with Gasteiger partial charge in [-0.05, 0) is 62.2 Å². The van der Waals surface area contributed by atoms with Gasteiger partial charge in [0.05, 0.1) is 18.8 Å². The van der Waals surface area contributed by atoms with Crippen LogP contribution in [0.4, 0.5) is 5.69 Å². The van der Waals surface area contributed by atoms with E-state index in [1.807, 2.05) is 44.4 Å². The number of aryl methyl sites for hydroxylation is 2. The zero-order valence-electron chi connectivity index (χ0n) is 16.5. The minimum absolute atomic E-state index is 0.0364. The van der Waals surface area contributed by atoms with Crippen molar-refractivity contribution in [1.82, 2.24) is 19.7 Å². The molecule has 146 valence electrons. The standard InChI is InChI=1S/C21H25N5O2/c1-14-18-11-15(12-22-20(18)25(2)24-14)13-26-10-4-5-19(26)21(27)23-16-6-8-17(28-3)9-7-16/h6-9,11-12,19H,4-5,10,13H2,1-3H3,(H,23,27). The smallest absolute Gasteiger partial charge is 0.241 e. The van der Waals surface area contributed by atoms with Gasteiger partial charge in [-0.3, -0.25) is 14.4 Å². The Morgan fingerprint density at radius 1 is 1.32 bits per heavy atom. The number of hydrogen-bond donors (Lipinski definition) is 1. The van der Waals surface area contributed by atoms with Crippen molar-refractivity contribution in [3.63, 3.8) is 0 Å². The highest BCUT2D eigenvalue weighted by Gasteiger charge is 2.30. The number of likely N-dealkylation sites (tertiary alicyclic amines) is 1. The van der Waals surface area contributed by atoms with Gasteiger partial charge < -0.3 is 10.1 Å². The Labute approximate surface area is 164 Å². The number of amides is 1. The lowest BCUT2D eigenvalue weighted by Crippen LogP contribution is -2.39. The number of fused-ring (bicyclic) bond motifs is 1. The van der Waals surface area contributed by atoms with Crippen molar-refractivity contribution in [2.45, 2.75) is 32.4 Å². The van der Waals surface area contributed by atoms with Crippen molar-refractivity contribution in [1.29, 1.82) is 0 Å². The van der Waals surface area contributed by atoms with Crippen LogP contribution in [-0.4, -0.2) is 45.3 Å². The van der Waals surface area contributed by atoms with Crippen LogP contribution in [-0.2, 0) is 18.4 Å². The normalized spacial score (nSPS) is 17.2. The molecule has 7 nitrogen and oxygen atoms in total. The van der Waals surface area contributed by atoms with E-state index in [9.17, 15) is 4.79 Å². The second-order valence-electron chi connectivity index (χ2n) is 7.27. The number of hydrogen-bond acceptors (Lipinski definition) is 5. The molecule has 1 aliphatic heterocycles. The molecule has 2 aromatic heterocycles. The Hall–Kier alpha value is -2.93. The van der Waals surface area contributed by atoms with E-state index in [0.717, 1.165) is 53.1 Å². The molecule has 3 heterocycles. The SMILES string of the molecule is COc1ccc(NC(=O)C2CCCN2Cc2cnc3c(c2)c(C)nn3C)cc1. The Morgan fingerprint density at radius 3 is 2.86 bits per heavy atom. The van der Waals surface area contributed by atoms with Crippen molar-refractivity contribution >= 4 is 22.6 Å². The first kappa shape index (κ1) is 18.4. The van der Waals surface area contributed by atoms with Gasteiger partial charge in [0.15, 0.2) is 5.65 Å². The number of nitrogens with zero attached hydrogens (tertiary/aromatic N) is 4. The van der Waals surface area contributed by atoms with Gasteiger partial charge in [0.25, 0.3) is 0 Å². The van der Waals surface area contributed by atoms with Crippen molar-refractivity contribution < 1.29 is 9.53 Å². The Morgan fingerprint density at radius 2 is 2.11 bits per heavy atom. The number of rotatable bonds is 5. The second-order valence-corrected chi connectivity index (χ2v) is 7.27. The molecule has 1 fully saturated rings. The molecule has 0 saturated carbocycles. The molecule has 1 saturated heterocycles. The maximum absolute atomic E-state index is 12.8. The summed E-state index contributed by atoms with van der Waals surface area (Å²) in [6.07, 6.45) is 3.77. The van der Waals surface area contributed by atoms with Crippen LogP contribution >= 0.6 is 0 Å². The summed E-state index contributed by atoms with van der Waals surface area (Å²) in [5.41, 5.74) is 3.75. The maximum atomic E-state index is 12.8. The first-order chi connectivity index (χ1) is 13.5. The first-order valence-electron chi connectivity index (χ1n) is 9.52. The van der Waals surface area contributed by atoms with Crippen LogP contribution in [0.15, 0.2) is 36.5 Å². The number of nitrogens with one attached hydrogen (secondary N) is 1. The Bertz CT molecular complexity index is 996. The molecule has 1 atom stereocenters. The zero-order chi connectivity index (χ0) is 19.7. The van der Waals surface area contributed by atoms with E-state index in [2.05, 4.69) is 26.4 Å². The molecular formula is C21H25N5O2. The number of carbonyl (C=O) groups excluding carboxylic acids is 1. The molecule has 28 heavy (non-hydrogen) atoms. The predicted octanol–water partition coefficient (Wildman–Crippen LogP) is 2.89. The molecule has 1 aliphatic rings. The van der Waals surface area contributed by atoms with Gasteiger partial charge in [-0.1, -0.05) is 0 Å². The highest BCUT2D eigenvalue weighted by atomic mass is 16.5. The molecule has 3 aromatic rings. The monoisotopic (exact) mass is 379 g/mol. The summed E-state index contributed by atoms with van der Waals surface area (Å²) in [6, 6.07) is 9.42. The van der Waals surface area contributed by atoms with Crippen LogP contribution in [0.1, 0.15) is 24.1 Å². The lowest BCUT2D eigenvalue weighted by atomic mass is 10.1. The molecule has 1 aromatic carbocycles. The predicted molar refractivity (Wildman–Crippen MR) is 108 cm³/mol. The quantitative estimate of drug-likeness (QED) is 0.738. The van der Waals surface area contributed by atoms with Gasteiger partial charge in [0.2, 0.25) is 5.91 Å². The van der Waals surface area contributed by atoms with Gasteiger partial charge in [0, 0.05) is 30.9 Å². The van der Waals surface area contributed by atoms with Crippen molar-refractivity contribution in [3.8, 4) is 5.75 Å². The summed E-state index contributed by atoms with van der Waals surface area (Å²) in [4.78, 5) is 19.6. The first-order valence-corrected chi connectivity index (χ1v) is 9.52. The van der Waals surface area contributed by atoms with Gasteiger partial charge in [-0.15, -0.1) is 0 Å². The minimum Gasteiger partial charge on any atom is -0.497 e. The van der Waals surface area contributed by atoms with E-state index in [4.69, 9.17) is 4.74 Å². The van der Waals surface area contributed by atoms with E-state index in [1.54, 1.807) is 11.8 Å². The fraction of sp³-hybridized carbons (Fsp3) is 0.381. The topological polar surface area (TPSA) is 72.3 Å². The lowest BCUT2D eigenvalue weighted by molar-refractivity contribution is -0.120. The van der Waals surface area contributed by atoms with Crippen LogP contribution in [0.25, 0.3) is 11.0 Å². The summed E-state index contributed by atoms with van der Waals surface area (Å²) in [7, 11) is 3.53. The zero-order valence-corrected chi connectivity index (χ0v) is 16.5. The number of ether oxygens (including phenoxy) is 1. The molecule has 4 rings (SSSR count). The molecule has 0 spiro atoms. The number of carbonyl (C=O) groups is 1. The molecule has 7 heteroatoms. The van der Waals surface area contributed by atoms with Crippen LogP contribution < -0.4 is 10.1 Å². The van der Waals surface area contributed by atoms with Gasteiger partial charge in [-0.25, -0.2) is 4.98 Å². The lowest BCUT2D eigenvalue weighted by Gasteiger charge is -2.23. The molecular weight excluding hydrogens is 354 g/mol. The van der Waals surface area contributed by atoms with Crippen LogP contribution in [0, 0.1) is 6.92 Å². The third-order valence-electron chi connectivity index (χ3n) is 5.33. The summed E-state index contributed by atoms with van der Waals surface area (Å²) in [5.74, 6) is 0.809. The van der Waals surface area contributed by atoms with Gasteiger partial charge in [0.1, 0.15) is 5.75 Å². The number of pyridine rings is 1. The van der Waals surface area contributed by atoms with Crippen molar-refractivity contribution in [2.75, 3.05) is 19.0 Å². The fourth-order valence-corrected chi connectivity index (χ4v) is 3.88. The van der Waals surface area contributed by atoms with E-state index in [0.29, 0.717) is 6.54 Å². The Balaban J connectivity index is 1.47. The summed E-state index contributed by atoms with van der Waals surface area (Å²) in [6.45, 7) is 3.61. The molecule has 0 radical (unpaired) electrons. The largest absolute Gasteiger partial charge is 0.497 e. The second kappa shape index (κ2) is 7.59. The fourth-order valence-electron chi connectivity index (χ4n) is 3.88. The summed E-state index contributed by atoms with van der Waals surface area (Å²) >= 11 is 0. The Kier molecular flexibility index (Phi) is 5.00. The molecule has 0 aliphatic carbocycles. The third-order valence-corrected chi connectivity index (χ3v) is 5.33. The van der Waals surface area contributed by atoms with E-state index in [1.165, 1.54) is 0 Å². The van der Waals surface area contributed by atoms with Gasteiger partial charge in [-0.2, -0.15) is 5.10 Å². The third kappa shape index (κ3) is 3.57. The van der Waals surface area contributed by atoms with Crippen LogP contribution in [0.5, 0.6) is 5.75 Å². The summed E-state index contributed by atoms with van der Waals surface area (Å²) < 4.78 is 6.97. The molecule has 0 bridgehead atoms. The molecule has 1 N–H and O–H groups in total. The van der Waals surface area contributed by atoms with Gasteiger partial charge >= 0.3 is 0 Å². The van der Waals surface area contributed by atoms with Crippen molar-refractivity contribution in [3.05, 3.63) is 47.8 Å². The molecule has 1 amide bonds. The number of aromatic nitrogens is 3. The highest BCUT2D eigenvalue weighted by Crippen LogP contribution is 2.24. The number of anilines is 1.